The lowest BCUT2D eigenvalue weighted by Gasteiger charge is -2.22. The van der Waals surface area contributed by atoms with Crippen LogP contribution in [-0.2, 0) is 28.9 Å². The van der Waals surface area contributed by atoms with Gasteiger partial charge in [-0.1, -0.05) is 36.4 Å². The van der Waals surface area contributed by atoms with Crippen molar-refractivity contribution in [3.63, 3.8) is 0 Å². The summed E-state index contributed by atoms with van der Waals surface area (Å²) in [6, 6.07) is 13.8. The summed E-state index contributed by atoms with van der Waals surface area (Å²) in [6.07, 6.45) is 0. The predicted octanol–water partition coefficient (Wildman–Crippen LogP) is 2.08. The van der Waals surface area contributed by atoms with Gasteiger partial charge in [0.1, 0.15) is 5.82 Å². The van der Waals surface area contributed by atoms with Gasteiger partial charge >= 0.3 is 0 Å². The van der Waals surface area contributed by atoms with Gasteiger partial charge in [-0.25, -0.2) is 17.5 Å². The Morgan fingerprint density at radius 3 is 2.44 bits per heavy atom. The molecule has 6 nitrogen and oxygen atoms in total. The molecule has 0 aromatic heterocycles. The molecule has 0 aliphatic rings. The molecular formula is C19H25FN4O2S. The molecule has 0 heterocycles. The third-order valence-corrected chi connectivity index (χ3v) is 5.33. The SMILES string of the molecule is CN=C(NCc1cccc(CS(=O)(=O)NC)c1)N(C)Cc1cccc(F)c1. The van der Waals surface area contributed by atoms with E-state index in [0.29, 0.717) is 24.6 Å². The minimum atomic E-state index is -3.31. The average molecular weight is 393 g/mol. The van der Waals surface area contributed by atoms with Crippen LogP contribution in [0.15, 0.2) is 53.5 Å². The van der Waals surface area contributed by atoms with E-state index in [2.05, 4.69) is 15.0 Å². The minimum absolute atomic E-state index is 0.0640. The summed E-state index contributed by atoms with van der Waals surface area (Å²) in [6.45, 7) is 1.01. The molecule has 0 amide bonds. The zero-order valence-corrected chi connectivity index (χ0v) is 16.6. The second-order valence-electron chi connectivity index (χ2n) is 6.17. The van der Waals surface area contributed by atoms with Gasteiger partial charge in [0.15, 0.2) is 5.96 Å². The van der Waals surface area contributed by atoms with Crippen molar-refractivity contribution in [3.05, 3.63) is 71.0 Å². The molecule has 0 aliphatic heterocycles. The van der Waals surface area contributed by atoms with E-state index in [9.17, 15) is 12.8 Å². The first-order valence-electron chi connectivity index (χ1n) is 8.48. The highest BCUT2D eigenvalue weighted by molar-refractivity contribution is 7.88. The summed E-state index contributed by atoms with van der Waals surface area (Å²) >= 11 is 0. The van der Waals surface area contributed by atoms with Crippen LogP contribution in [0, 0.1) is 5.82 Å². The van der Waals surface area contributed by atoms with Crippen molar-refractivity contribution in [1.29, 1.82) is 0 Å². The Morgan fingerprint density at radius 2 is 1.78 bits per heavy atom. The van der Waals surface area contributed by atoms with E-state index in [-0.39, 0.29) is 11.6 Å². The fraction of sp³-hybridized carbons (Fsp3) is 0.316. The number of aliphatic imine (C=N–C) groups is 1. The smallest absolute Gasteiger partial charge is 0.215 e. The summed E-state index contributed by atoms with van der Waals surface area (Å²) < 4.78 is 39.1. The predicted molar refractivity (Wildman–Crippen MR) is 106 cm³/mol. The second-order valence-corrected chi connectivity index (χ2v) is 8.10. The molecule has 0 radical (unpaired) electrons. The number of sulfonamides is 1. The summed E-state index contributed by atoms with van der Waals surface area (Å²) in [5.74, 6) is 0.329. The molecule has 8 heteroatoms. The van der Waals surface area contributed by atoms with Gasteiger partial charge in [0.2, 0.25) is 10.0 Å². The highest BCUT2D eigenvalue weighted by Crippen LogP contribution is 2.10. The summed E-state index contributed by atoms with van der Waals surface area (Å²) in [4.78, 5) is 6.14. The molecule has 0 unspecified atom stereocenters. The van der Waals surface area contributed by atoms with Crippen LogP contribution in [0.5, 0.6) is 0 Å². The van der Waals surface area contributed by atoms with E-state index in [1.54, 1.807) is 19.2 Å². The van der Waals surface area contributed by atoms with Crippen LogP contribution < -0.4 is 10.0 Å². The molecule has 2 aromatic carbocycles. The number of hydrogen-bond acceptors (Lipinski definition) is 3. The van der Waals surface area contributed by atoms with Crippen molar-refractivity contribution in [2.75, 3.05) is 21.1 Å². The molecule has 0 fully saturated rings. The van der Waals surface area contributed by atoms with Crippen molar-refractivity contribution in [1.82, 2.24) is 14.9 Å². The van der Waals surface area contributed by atoms with Crippen LogP contribution in [0.25, 0.3) is 0 Å². The molecule has 2 N–H and O–H groups in total. The molecule has 0 atom stereocenters. The van der Waals surface area contributed by atoms with E-state index in [1.165, 1.54) is 19.2 Å². The fourth-order valence-electron chi connectivity index (χ4n) is 2.67. The van der Waals surface area contributed by atoms with Crippen LogP contribution >= 0.6 is 0 Å². The van der Waals surface area contributed by atoms with Gasteiger partial charge in [0.05, 0.1) is 5.75 Å². The number of halogens is 1. The first kappa shape index (κ1) is 20.9. The summed E-state index contributed by atoms with van der Waals surface area (Å²) in [5, 5.41) is 3.24. The molecule has 2 aromatic rings. The van der Waals surface area contributed by atoms with Gasteiger partial charge in [-0.3, -0.25) is 4.99 Å². The normalized spacial score (nSPS) is 12.1. The number of guanidine groups is 1. The van der Waals surface area contributed by atoms with E-state index >= 15 is 0 Å². The number of benzene rings is 2. The Balaban J connectivity index is 1.99. The Hall–Kier alpha value is -2.45. The van der Waals surface area contributed by atoms with Crippen LogP contribution in [0.4, 0.5) is 4.39 Å². The number of nitrogens with zero attached hydrogens (tertiary/aromatic N) is 2. The third kappa shape index (κ3) is 6.65. The van der Waals surface area contributed by atoms with Gasteiger partial charge in [-0.2, -0.15) is 0 Å². The largest absolute Gasteiger partial charge is 0.352 e. The Bertz CT molecular complexity index is 900. The van der Waals surface area contributed by atoms with Crippen molar-refractivity contribution < 1.29 is 12.8 Å². The van der Waals surface area contributed by atoms with E-state index in [1.807, 2.05) is 36.2 Å². The topological polar surface area (TPSA) is 73.8 Å². The zero-order chi connectivity index (χ0) is 19.9. The third-order valence-electron chi connectivity index (χ3n) is 3.99. The van der Waals surface area contributed by atoms with Gasteiger partial charge in [0, 0.05) is 27.2 Å². The van der Waals surface area contributed by atoms with Crippen molar-refractivity contribution in [2.24, 2.45) is 4.99 Å². The van der Waals surface area contributed by atoms with E-state index in [4.69, 9.17) is 0 Å². The van der Waals surface area contributed by atoms with Gasteiger partial charge in [0.25, 0.3) is 0 Å². The summed E-state index contributed by atoms with van der Waals surface area (Å²) in [5.41, 5.74) is 2.51. The number of nitrogens with one attached hydrogen (secondary N) is 2. The maximum Gasteiger partial charge on any atom is 0.215 e. The number of hydrogen-bond donors (Lipinski definition) is 2. The number of rotatable bonds is 7. The molecular weight excluding hydrogens is 367 g/mol. The lowest BCUT2D eigenvalue weighted by Crippen LogP contribution is -2.38. The van der Waals surface area contributed by atoms with E-state index in [0.717, 1.165) is 11.1 Å². The average Bonchev–Trinajstić information content (AvgIpc) is 2.62. The maximum atomic E-state index is 13.3. The molecule has 27 heavy (non-hydrogen) atoms. The van der Waals surface area contributed by atoms with Crippen LogP contribution in [0.2, 0.25) is 0 Å². The summed E-state index contributed by atoms with van der Waals surface area (Å²) in [7, 11) is 1.64. The van der Waals surface area contributed by atoms with Crippen LogP contribution in [0.3, 0.4) is 0 Å². The van der Waals surface area contributed by atoms with Gasteiger partial charge in [-0.15, -0.1) is 0 Å². The highest BCUT2D eigenvalue weighted by atomic mass is 32.2. The minimum Gasteiger partial charge on any atom is -0.352 e. The lowest BCUT2D eigenvalue weighted by atomic mass is 10.1. The fourth-order valence-corrected chi connectivity index (χ4v) is 3.43. The highest BCUT2D eigenvalue weighted by Gasteiger charge is 2.10. The van der Waals surface area contributed by atoms with Crippen molar-refractivity contribution in [3.8, 4) is 0 Å². The first-order valence-corrected chi connectivity index (χ1v) is 10.1. The Labute approximate surface area is 160 Å². The lowest BCUT2D eigenvalue weighted by molar-refractivity contribution is 0.474. The molecule has 0 saturated heterocycles. The first-order chi connectivity index (χ1) is 12.8. The van der Waals surface area contributed by atoms with Gasteiger partial charge < -0.3 is 10.2 Å². The molecule has 2 rings (SSSR count). The maximum absolute atomic E-state index is 13.3. The quantitative estimate of drug-likeness (QED) is 0.559. The Morgan fingerprint density at radius 1 is 1.11 bits per heavy atom. The van der Waals surface area contributed by atoms with Crippen LogP contribution in [0.1, 0.15) is 16.7 Å². The van der Waals surface area contributed by atoms with Crippen molar-refractivity contribution >= 4 is 16.0 Å². The zero-order valence-electron chi connectivity index (χ0n) is 15.7. The molecule has 0 saturated carbocycles. The van der Waals surface area contributed by atoms with Crippen LogP contribution in [-0.4, -0.2) is 40.4 Å². The molecule has 0 spiro atoms. The second kappa shape index (κ2) is 9.48. The molecule has 0 aliphatic carbocycles. The standard InChI is InChI=1S/C19H25FN4O2S/c1-21-19(24(3)13-16-7-5-9-18(20)11-16)23-12-15-6-4-8-17(10-15)14-27(25,26)22-2/h4-11,22H,12-14H2,1-3H3,(H,21,23). The molecule has 146 valence electrons. The van der Waals surface area contributed by atoms with Gasteiger partial charge in [-0.05, 0) is 35.9 Å². The Kier molecular flexibility index (Phi) is 7.32. The molecule has 0 bridgehead atoms. The van der Waals surface area contributed by atoms with Crippen molar-refractivity contribution in [2.45, 2.75) is 18.8 Å². The monoisotopic (exact) mass is 392 g/mol. The van der Waals surface area contributed by atoms with E-state index < -0.39 is 10.0 Å².